The van der Waals surface area contributed by atoms with Gasteiger partial charge in [-0.25, -0.2) is 0 Å². The van der Waals surface area contributed by atoms with Gasteiger partial charge in [0.05, 0.1) is 13.7 Å². The zero-order chi connectivity index (χ0) is 20.6. The van der Waals surface area contributed by atoms with Gasteiger partial charge < -0.3 is 19.6 Å². The molecule has 5 heteroatoms. The van der Waals surface area contributed by atoms with Crippen LogP contribution in [0.5, 0.6) is 5.75 Å². The van der Waals surface area contributed by atoms with Gasteiger partial charge >= 0.3 is 0 Å². The van der Waals surface area contributed by atoms with Gasteiger partial charge in [0.2, 0.25) is 0 Å². The first-order valence-corrected chi connectivity index (χ1v) is 11.0. The van der Waals surface area contributed by atoms with Crippen LogP contribution in [-0.4, -0.2) is 61.6 Å². The first-order valence-electron chi connectivity index (χ1n) is 11.0. The fraction of sp³-hybridized carbons (Fsp3) is 0.667. The molecule has 0 amide bonds. The quantitative estimate of drug-likeness (QED) is 0.743. The number of H-pyrrole nitrogens is 1. The third kappa shape index (κ3) is 3.58. The molecule has 5 atom stereocenters. The van der Waals surface area contributed by atoms with Crippen LogP contribution in [0, 0.1) is 11.8 Å². The number of aliphatic hydroxyl groups excluding tert-OH is 1. The maximum atomic E-state index is 10.8. The second-order valence-electron chi connectivity index (χ2n) is 9.32. The van der Waals surface area contributed by atoms with Crippen molar-refractivity contribution in [3.8, 4) is 5.75 Å². The number of aromatic amines is 1. The molecule has 3 heterocycles. The molecule has 1 aromatic heterocycles. The van der Waals surface area contributed by atoms with Crippen LogP contribution in [0.2, 0.25) is 0 Å². The highest BCUT2D eigenvalue weighted by atomic mass is 16.5. The van der Waals surface area contributed by atoms with E-state index in [4.69, 9.17) is 9.47 Å². The van der Waals surface area contributed by atoms with Crippen LogP contribution in [0.15, 0.2) is 18.2 Å². The topological polar surface area (TPSA) is 57.7 Å². The van der Waals surface area contributed by atoms with Gasteiger partial charge in [0.15, 0.2) is 0 Å². The lowest BCUT2D eigenvalue weighted by Gasteiger charge is -2.50. The zero-order valence-electron chi connectivity index (χ0n) is 18.3. The van der Waals surface area contributed by atoms with Crippen molar-refractivity contribution in [3.63, 3.8) is 0 Å². The molecule has 29 heavy (non-hydrogen) atoms. The second-order valence-corrected chi connectivity index (χ2v) is 9.32. The van der Waals surface area contributed by atoms with Gasteiger partial charge in [0.1, 0.15) is 5.75 Å². The number of benzene rings is 1. The number of nitrogens with one attached hydrogen (secondary N) is 1. The normalized spacial score (nSPS) is 30.0. The van der Waals surface area contributed by atoms with Crippen molar-refractivity contribution in [1.82, 2.24) is 9.88 Å². The standard InChI is InChI=1S/C24H36N2O3/c1-16(8-10-28-3)11-18-13-24(15-27)17(2)26(14-18)9-7-20-21-12-19(29-4)5-6-22(21)25-23(20)24/h5-6,12,16-18,25,27H,7-11,13-15H2,1-4H3/t16?,17?,18-,24?/m0/s1. The van der Waals surface area contributed by atoms with Crippen LogP contribution >= 0.6 is 0 Å². The minimum absolute atomic E-state index is 0.185. The van der Waals surface area contributed by atoms with E-state index in [1.807, 2.05) is 6.07 Å². The molecule has 4 unspecified atom stereocenters. The van der Waals surface area contributed by atoms with E-state index in [0.29, 0.717) is 17.9 Å². The molecule has 1 saturated heterocycles. The van der Waals surface area contributed by atoms with Crippen LogP contribution in [0.25, 0.3) is 10.9 Å². The largest absolute Gasteiger partial charge is 0.497 e. The lowest BCUT2D eigenvalue weighted by atomic mass is 9.67. The van der Waals surface area contributed by atoms with Crippen LogP contribution in [0.4, 0.5) is 0 Å². The molecule has 0 spiro atoms. The van der Waals surface area contributed by atoms with E-state index in [2.05, 4.69) is 35.9 Å². The number of hydrogen-bond acceptors (Lipinski definition) is 4. The SMILES string of the molecule is COCCC(C)C[C@@H]1CN2CCc3c([nH]c4ccc(OC)cc34)C(CO)(C1)C2C. The monoisotopic (exact) mass is 400 g/mol. The van der Waals surface area contributed by atoms with Gasteiger partial charge in [0.25, 0.3) is 0 Å². The van der Waals surface area contributed by atoms with Gasteiger partial charge in [0, 0.05) is 54.9 Å². The lowest BCUT2D eigenvalue weighted by Crippen LogP contribution is -2.57. The van der Waals surface area contributed by atoms with Crippen molar-refractivity contribution in [2.75, 3.05) is 40.5 Å². The number of rotatable bonds is 7. The molecule has 2 bridgehead atoms. The van der Waals surface area contributed by atoms with E-state index in [9.17, 15) is 5.11 Å². The average Bonchev–Trinajstić information content (AvgIpc) is 3.08. The summed E-state index contributed by atoms with van der Waals surface area (Å²) in [5.41, 5.74) is 3.55. The van der Waals surface area contributed by atoms with E-state index < -0.39 is 0 Å². The molecule has 0 radical (unpaired) electrons. The van der Waals surface area contributed by atoms with Gasteiger partial charge in [-0.15, -0.1) is 0 Å². The third-order valence-electron chi connectivity index (χ3n) is 7.59. The average molecular weight is 401 g/mol. The lowest BCUT2D eigenvalue weighted by molar-refractivity contribution is 0.00462. The molecule has 2 aliphatic rings. The van der Waals surface area contributed by atoms with Crippen LogP contribution in [0.3, 0.4) is 0 Å². The summed E-state index contributed by atoms with van der Waals surface area (Å²) in [5, 5.41) is 12.0. The van der Waals surface area contributed by atoms with Crippen molar-refractivity contribution >= 4 is 10.9 Å². The Morgan fingerprint density at radius 1 is 1.34 bits per heavy atom. The number of piperidine rings is 1. The summed E-state index contributed by atoms with van der Waals surface area (Å²) in [7, 11) is 3.50. The number of fused-ring (bicyclic) bond motifs is 6. The van der Waals surface area contributed by atoms with Gasteiger partial charge in [-0.3, -0.25) is 4.90 Å². The summed E-state index contributed by atoms with van der Waals surface area (Å²) >= 11 is 0. The number of aliphatic hydroxyl groups is 1. The Morgan fingerprint density at radius 3 is 2.90 bits per heavy atom. The smallest absolute Gasteiger partial charge is 0.119 e. The van der Waals surface area contributed by atoms with Crippen molar-refractivity contribution in [2.24, 2.45) is 11.8 Å². The predicted octanol–water partition coefficient (Wildman–Crippen LogP) is 3.74. The Balaban J connectivity index is 1.72. The number of aromatic nitrogens is 1. The molecule has 1 aromatic carbocycles. The van der Waals surface area contributed by atoms with Crippen LogP contribution in [-0.2, 0) is 16.6 Å². The molecule has 4 rings (SSSR count). The summed E-state index contributed by atoms with van der Waals surface area (Å²) in [6, 6.07) is 6.61. The Hall–Kier alpha value is -1.56. The predicted molar refractivity (Wildman–Crippen MR) is 117 cm³/mol. The zero-order valence-corrected chi connectivity index (χ0v) is 18.3. The highest BCUT2D eigenvalue weighted by Gasteiger charge is 2.50. The summed E-state index contributed by atoms with van der Waals surface area (Å²) in [6.07, 6.45) is 4.35. The van der Waals surface area contributed by atoms with Crippen molar-refractivity contribution in [1.29, 1.82) is 0 Å². The molecule has 0 aliphatic carbocycles. The van der Waals surface area contributed by atoms with Crippen molar-refractivity contribution < 1.29 is 14.6 Å². The summed E-state index contributed by atoms with van der Waals surface area (Å²) < 4.78 is 10.8. The van der Waals surface area contributed by atoms with Gasteiger partial charge in [-0.2, -0.15) is 0 Å². The van der Waals surface area contributed by atoms with E-state index in [-0.39, 0.29) is 12.0 Å². The molecule has 160 valence electrons. The fourth-order valence-electron chi connectivity index (χ4n) is 5.92. The molecular weight excluding hydrogens is 364 g/mol. The molecule has 2 aliphatic heterocycles. The summed E-state index contributed by atoms with van der Waals surface area (Å²) in [5.74, 6) is 2.12. The molecular formula is C24H36N2O3. The Kier molecular flexibility index (Phi) is 5.92. The van der Waals surface area contributed by atoms with Crippen LogP contribution in [0.1, 0.15) is 44.4 Å². The minimum Gasteiger partial charge on any atom is -0.497 e. The van der Waals surface area contributed by atoms with Gasteiger partial charge in [-0.05, 0) is 68.2 Å². The van der Waals surface area contributed by atoms with E-state index in [0.717, 1.165) is 50.2 Å². The van der Waals surface area contributed by atoms with E-state index in [1.54, 1.807) is 14.2 Å². The molecule has 0 saturated carbocycles. The number of ether oxygens (including phenoxy) is 2. The maximum absolute atomic E-state index is 10.8. The fourth-order valence-corrected chi connectivity index (χ4v) is 5.92. The molecule has 5 nitrogen and oxygen atoms in total. The van der Waals surface area contributed by atoms with Gasteiger partial charge in [-0.1, -0.05) is 6.92 Å². The minimum atomic E-state index is -0.234. The van der Waals surface area contributed by atoms with E-state index >= 15 is 0 Å². The Morgan fingerprint density at radius 2 is 2.17 bits per heavy atom. The number of nitrogens with zero attached hydrogens (tertiary/aromatic N) is 1. The second kappa shape index (κ2) is 8.29. The summed E-state index contributed by atoms with van der Waals surface area (Å²) in [6.45, 7) is 7.83. The van der Waals surface area contributed by atoms with Crippen LogP contribution < -0.4 is 4.74 Å². The highest BCUT2D eigenvalue weighted by molar-refractivity contribution is 5.86. The highest BCUT2D eigenvalue weighted by Crippen LogP contribution is 2.47. The third-order valence-corrected chi connectivity index (χ3v) is 7.59. The van der Waals surface area contributed by atoms with Crippen molar-refractivity contribution in [3.05, 3.63) is 29.5 Å². The Labute approximate surface area is 174 Å². The molecule has 2 N–H and O–H groups in total. The number of hydrogen-bond donors (Lipinski definition) is 2. The van der Waals surface area contributed by atoms with E-state index in [1.165, 1.54) is 23.1 Å². The maximum Gasteiger partial charge on any atom is 0.119 e. The molecule has 1 fully saturated rings. The first kappa shape index (κ1) is 20.7. The molecule has 2 aromatic rings. The Bertz CT molecular complexity index is 848. The summed E-state index contributed by atoms with van der Waals surface area (Å²) in [4.78, 5) is 6.35. The number of methoxy groups -OCH3 is 2. The van der Waals surface area contributed by atoms with Crippen molar-refractivity contribution in [2.45, 2.75) is 51.0 Å². The first-order chi connectivity index (χ1) is 14.0.